The smallest absolute Gasteiger partial charge is 0.359 e. The first kappa shape index (κ1) is 20.7. The number of carbonyl (C=O) groups is 3. The van der Waals surface area contributed by atoms with Crippen molar-refractivity contribution in [2.45, 2.75) is 53.0 Å². The lowest BCUT2D eigenvalue weighted by Gasteiger charge is -2.09. The van der Waals surface area contributed by atoms with Crippen LogP contribution in [0.4, 0.5) is 0 Å². The Hall–Kier alpha value is -3.03. The Labute approximate surface area is 169 Å². The molecule has 1 saturated carbocycles. The van der Waals surface area contributed by atoms with E-state index in [4.69, 9.17) is 9.47 Å². The van der Waals surface area contributed by atoms with Crippen LogP contribution in [0.1, 0.15) is 80.9 Å². The van der Waals surface area contributed by atoms with E-state index >= 15 is 0 Å². The van der Waals surface area contributed by atoms with Crippen LogP contribution in [0.3, 0.4) is 0 Å². The predicted octanol–water partition coefficient (Wildman–Crippen LogP) is 3.01. The molecule has 0 N–H and O–H groups in total. The van der Waals surface area contributed by atoms with Crippen molar-refractivity contribution in [1.82, 2.24) is 14.8 Å². The van der Waals surface area contributed by atoms with Crippen molar-refractivity contribution in [3.05, 3.63) is 46.0 Å². The molecule has 0 spiro atoms. The number of hydrogen-bond acceptors (Lipinski definition) is 7. The van der Waals surface area contributed by atoms with Crippen LogP contribution in [-0.4, -0.2) is 45.7 Å². The van der Waals surface area contributed by atoms with Gasteiger partial charge in [0.15, 0.2) is 11.4 Å². The summed E-state index contributed by atoms with van der Waals surface area (Å²) in [6.45, 7) is 7.29. The first-order valence-electron chi connectivity index (χ1n) is 9.79. The number of aryl methyl sites for hydroxylation is 2. The fourth-order valence-corrected chi connectivity index (χ4v) is 3.12. The van der Waals surface area contributed by atoms with Gasteiger partial charge in [0.25, 0.3) is 0 Å². The number of carbonyl (C=O) groups excluding carboxylic acids is 3. The molecule has 154 valence electrons. The number of nitrogens with zero attached hydrogens (tertiary/aromatic N) is 3. The zero-order valence-electron chi connectivity index (χ0n) is 17.2. The maximum absolute atomic E-state index is 12.8. The topological polar surface area (TPSA) is 100 Å². The lowest BCUT2D eigenvalue weighted by molar-refractivity contribution is 0.0505. The minimum atomic E-state index is -0.601. The van der Waals surface area contributed by atoms with E-state index < -0.39 is 11.9 Å². The van der Waals surface area contributed by atoms with Crippen molar-refractivity contribution in [1.29, 1.82) is 0 Å². The van der Waals surface area contributed by atoms with E-state index in [1.54, 1.807) is 19.9 Å². The Balaban J connectivity index is 2.02. The third kappa shape index (κ3) is 4.36. The van der Waals surface area contributed by atoms with Crippen LogP contribution < -0.4 is 0 Å². The summed E-state index contributed by atoms with van der Waals surface area (Å²) in [5.74, 6) is -1.47. The van der Waals surface area contributed by atoms with Crippen molar-refractivity contribution in [3.63, 3.8) is 0 Å². The minimum absolute atomic E-state index is 0.0393. The van der Waals surface area contributed by atoms with Crippen molar-refractivity contribution in [2.24, 2.45) is 0 Å². The van der Waals surface area contributed by atoms with Gasteiger partial charge in [-0.15, -0.1) is 0 Å². The summed E-state index contributed by atoms with van der Waals surface area (Å²) in [5, 5.41) is 4.29. The summed E-state index contributed by atoms with van der Waals surface area (Å²) in [4.78, 5) is 42.2. The molecule has 8 nitrogen and oxygen atoms in total. The summed E-state index contributed by atoms with van der Waals surface area (Å²) in [6.07, 6.45) is 1.69. The Kier molecular flexibility index (Phi) is 6.10. The van der Waals surface area contributed by atoms with Gasteiger partial charge in [-0.05, 0) is 58.1 Å². The van der Waals surface area contributed by atoms with Crippen molar-refractivity contribution in [2.75, 3.05) is 13.2 Å². The normalized spacial score (nSPS) is 13.2. The lowest BCUT2D eigenvalue weighted by Crippen LogP contribution is -2.20. The molecule has 0 saturated heterocycles. The zero-order valence-corrected chi connectivity index (χ0v) is 17.2. The highest BCUT2D eigenvalue weighted by Gasteiger charge is 2.38. The molecule has 0 bridgehead atoms. The second-order valence-electron chi connectivity index (χ2n) is 7.01. The number of aromatic nitrogens is 3. The van der Waals surface area contributed by atoms with Crippen LogP contribution in [0.25, 0.3) is 0 Å². The summed E-state index contributed by atoms with van der Waals surface area (Å²) in [7, 11) is 0. The molecule has 0 aromatic carbocycles. The van der Waals surface area contributed by atoms with E-state index in [9.17, 15) is 14.4 Å². The fourth-order valence-electron chi connectivity index (χ4n) is 3.12. The van der Waals surface area contributed by atoms with Gasteiger partial charge in [0.2, 0.25) is 5.78 Å². The van der Waals surface area contributed by atoms with Gasteiger partial charge in [-0.2, -0.15) is 5.10 Å². The van der Waals surface area contributed by atoms with E-state index in [-0.39, 0.29) is 48.5 Å². The molecule has 0 aliphatic heterocycles. The SMILES string of the molecule is CCOC(=O)c1nn(CC(=O)c2ccc(C)c(C)n2)c(C(=O)OCC)c1C1CC1. The zero-order chi connectivity index (χ0) is 21.1. The molecular weight excluding hydrogens is 374 g/mol. The van der Waals surface area contributed by atoms with Gasteiger partial charge in [0.05, 0.1) is 13.2 Å². The summed E-state index contributed by atoms with van der Waals surface area (Å²) in [5.41, 5.74) is 2.76. The molecule has 2 aromatic rings. The molecule has 29 heavy (non-hydrogen) atoms. The lowest BCUT2D eigenvalue weighted by atomic mass is 10.1. The number of rotatable bonds is 8. The Bertz CT molecular complexity index is 959. The quantitative estimate of drug-likeness (QED) is 0.497. The Morgan fingerprint density at radius 1 is 1.07 bits per heavy atom. The predicted molar refractivity (Wildman–Crippen MR) is 104 cm³/mol. The molecular formula is C21H25N3O5. The molecule has 2 aromatic heterocycles. The van der Waals surface area contributed by atoms with E-state index in [0.29, 0.717) is 5.56 Å². The largest absolute Gasteiger partial charge is 0.461 e. The van der Waals surface area contributed by atoms with Crippen LogP contribution >= 0.6 is 0 Å². The van der Waals surface area contributed by atoms with Crippen molar-refractivity contribution >= 4 is 17.7 Å². The standard InChI is InChI=1S/C21H25N3O5/c1-5-28-20(26)18-17(14-8-9-14)19(21(27)29-6-2)24(23-18)11-16(25)15-10-7-12(3)13(4)22-15/h7,10,14H,5-6,8-9,11H2,1-4H3. The second kappa shape index (κ2) is 8.55. The minimum Gasteiger partial charge on any atom is -0.461 e. The number of ketones is 1. The molecule has 2 heterocycles. The molecule has 0 unspecified atom stereocenters. The number of esters is 2. The molecule has 1 fully saturated rings. The molecule has 1 aliphatic rings. The van der Waals surface area contributed by atoms with E-state index in [1.165, 1.54) is 4.68 Å². The van der Waals surface area contributed by atoms with Gasteiger partial charge >= 0.3 is 11.9 Å². The summed E-state index contributed by atoms with van der Waals surface area (Å²) >= 11 is 0. The third-order valence-corrected chi connectivity index (χ3v) is 4.84. The highest BCUT2D eigenvalue weighted by Crippen LogP contribution is 2.43. The van der Waals surface area contributed by atoms with Gasteiger partial charge in [-0.25, -0.2) is 19.3 Å². The summed E-state index contributed by atoms with van der Waals surface area (Å²) < 4.78 is 11.6. The first-order chi connectivity index (χ1) is 13.9. The maximum atomic E-state index is 12.8. The average molecular weight is 399 g/mol. The number of pyridine rings is 1. The van der Waals surface area contributed by atoms with Crippen LogP contribution in [0.5, 0.6) is 0 Å². The Morgan fingerprint density at radius 3 is 2.31 bits per heavy atom. The van der Waals surface area contributed by atoms with E-state index in [1.807, 2.05) is 19.9 Å². The van der Waals surface area contributed by atoms with Crippen LogP contribution in [-0.2, 0) is 16.0 Å². The summed E-state index contributed by atoms with van der Waals surface area (Å²) in [6, 6.07) is 3.47. The van der Waals surface area contributed by atoms with Gasteiger partial charge in [0, 0.05) is 11.3 Å². The van der Waals surface area contributed by atoms with Crippen LogP contribution in [0, 0.1) is 13.8 Å². The van der Waals surface area contributed by atoms with E-state index in [0.717, 1.165) is 24.1 Å². The molecule has 8 heteroatoms. The highest BCUT2D eigenvalue weighted by atomic mass is 16.5. The number of Topliss-reactive ketones (excluding diaryl/α,β-unsaturated/α-hetero) is 1. The Morgan fingerprint density at radius 2 is 1.72 bits per heavy atom. The van der Waals surface area contributed by atoms with Gasteiger partial charge in [0.1, 0.15) is 12.2 Å². The van der Waals surface area contributed by atoms with Crippen LogP contribution in [0.2, 0.25) is 0 Å². The van der Waals surface area contributed by atoms with Gasteiger partial charge < -0.3 is 9.47 Å². The maximum Gasteiger partial charge on any atom is 0.359 e. The molecule has 1 aliphatic carbocycles. The second-order valence-corrected chi connectivity index (χ2v) is 7.01. The number of ether oxygens (including phenoxy) is 2. The molecule has 0 amide bonds. The molecule has 0 radical (unpaired) electrons. The fraction of sp³-hybridized carbons (Fsp3) is 0.476. The molecule has 3 rings (SSSR count). The van der Waals surface area contributed by atoms with Crippen LogP contribution in [0.15, 0.2) is 12.1 Å². The van der Waals surface area contributed by atoms with E-state index in [2.05, 4.69) is 10.1 Å². The highest BCUT2D eigenvalue weighted by molar-refractivity contribution is 5.98. The first-order valence-corrected chi connectivity index (χ1v) is 9.79. The monoisotopic (exact) mass is 399 g/mol. The number of hydrogen-bond donors (Lipinski definition) is 0. The van der Waals surface area contributed by atoms with Crippen molar-refractivity contribution < 1.29 is 23.9 Å². The average Bonchev–Trinajstić information content (AvgIpc) is 3.45. The third-order valence-electron chi connectivity index (χ3n) is 4.84. The van der Waals surface area contributed by atoms with Gasteiger partial charge in [-0.3, -0.25) is 4.79 Å². The van der Waals surface area contributed by atoms with Crippen molar-refractivity contribution in [3.8, 4) is 0 Å². The molecule has 0 atom stereocenters. The van der Waals surface area contributed by atoms with Gasteiger partial charge in [-0.1, -0.05) is 6.07 Å².